The van der Waals surface area contributed by atoms with Crippen LogP contribution in [0, 0.1) is 13.8 Å². The minimum atomic E-state index is 0.522. The van der Waals surface area contributed by atoms with Crippen molar-refractivity contribution in [3.05, 3.63) is 23.7 Å². The van der Waals surface area contributed by atoms with Gasteiger partial charge in [-0.3, -0.25) is 0 Å². The number of hydrogen-bond acceptors (Lipinski definition) is 5. The maximum atomic E-state index is 5.74. The Kier molecular flexibility index (Phi) is 3.99. The first-order chi connectivity index (χ1) is 9.08. The Hall–Kier alpha value is -2.11. The van der Waals surface area contributed by atoms with Crippen molar-refractivity contribution in [2.45, 2.75) is 27.2 Å². The van der Waals surface area contributed by atoms with E-state index >= 15 is 0 Å². The molecule has 0 aliphatic rings. The summed E-state index contributed by atoms with van der Waals surface area (Å²) >= 11 is 0. The molecule has 2 heterocycles. The molecule has 6 nitrogen and oxygen atoms in total. The van der Waals surface area contributed by atoms with E-state index in [1.807, 2.05) is 27.0 Å². The van der Waals surface area contributed by atoms with E-state index in [1.165, 1.54) is 0 Å². The summed E-state index contributed by atoms with van der Waals surface area (Å²) in [5, 5.41) is 7.46. The van der Waals surface area contributed by atoms with Crippen LogP contribution in [-0.2, 0) is 7.05 Å². The molecular weight excluding hydrogens is 242 g/mol. The zero-order valence-corrected chi connectivity index (χ0v) is 11.8. The lowest BCUT2D eigenvalue weighted by atomic mass is 10.4. The van der Waals surface area contributed by atoms with Crippen LogP contribution in [0.25, 0.3) is 0 Å². The zero-order chi connectivity index (χ0) is 13.8. The van der Waals surface area contributed by atoms with E-state index in [9.17, 15) is 0 Å². The standard InChI is InChI=1S/C13H19N5O/c1-5-6-14-11-8-12(16-10(3)15-11)19-13-7-9(2)17-18(13)4/h7-8H,5-6H2,1-4H3,(H,14,15,16). The van der Waals surface area contributed by atoms with E-state index in [0.29, 0.717) is 17.6 Å². The number of aryl methyl sites for hydroxylation is 3. The summed E-state index contributed by atoms with van der Waals surface area (Å²) in [5.41, 5.74) is 0.910. The molecule has 19 heavy (non-hydrogen) atoms. The molecule has 0 bridgehead atoms. The molecule has 2 aromatic heterocycles. The van der Waals surface area contributed by atoms with Gasteiger partial charge >= 0.3 is 0 Å². The Bertz CT molecular complexity index is 564. The van der Waals surface area contributed by atoms with Crippen molar-refractivity contribution >= 4 is 5.82 Å². The number of rotatable bonds is 5. The molecule has 2 aromatic rings. The van der Waals surface area contributed by atoms with Crippen molar-refractivity contribution in [1.82, 2.24) is 19.7 Å². The Morgan fingerprint density at radius 1 is 1.26 bits per heavy atom. The lowest BCUT2D eigenvalue weighted by molar-refractivity contribution is 0.413. The predicted molar refractivity (Wildman–Crippen MR) is 73.6 cm³/mol. The third-order valence-corrected chi connectivity index (χ3v) is 2.54. The van der Waals surface area contributed by atoms with Crippen LogP contribution in [0.5, 0.6) is 11.8 Å². The summed E-state index contributed by atoms with van der Waals surface area (Å²) in [6.45, 7) is 6.75. The first-order valence-electron chi connectivity index (χ1n) is 6.36. The van der Waals surface area contributed by atoms with E-state index in [2.05, 4.69) is 27.3 Å². The molecule has 102 valence electrons. The summed E-state index contributed by atoms with van der Waals surface area (Å²) in [7, 11) is 1.84. The van der Waals surface area contributed by atoms with Crippen LogP contribution in [0.3, 0.4) is 0 Å². The highest BCUT2D eigenvalue weighted by molar-refractivity contribution is 5.39. The third-order valence-electron chi connectivity index (χ3n) is 2.54. The van der Waals surface area contributed by atoms with Gasteiger partial charge in [-0.25, -0.2) is 9.67 Å². The molecule has 0 atom stereocenters. The smallest absolute Gasteiger partial charge is 0.226 e. The van der Waals surface area contributed by atoms with Crippen molar-refractivity contribution in [2.24, 2.45) is 7.05 Å². The van der Waals surface area contributed by atoms with Gasteiger partial charge in [0.1, 0.15) is 11.6 Å². The lowest BCUT2D eigenvalue weighted by Crippen LogP contribution is -2.05. The second kappa shape index (κ2) is 5.69. The fraction of sp³-hybridized carbons (Fsp3) is 0.462. The first kappa shape index (κ1) is 13.3. The molecule has 0 fully saturated rings. The fourth-order valence-corrected chi connectivity index (χ4v) is 1.73. The summed E-state index contributed by atoms with van der Waals surface area (Å²) in [6, 6.07) is 3.67. The van der Waals surface area contributed by atoms with E-state index in [4.69, 9.17) is 4.74 Å². The minimum Gasteiger partial charge on any atom is -0.421 e. The highest BCUT2D eigenvalue weighted by atomic mass is 16.5. The average Bonchev–Trinajstić information content (AvgIpc) is 2.64. The lowest BCUT2D eigenvalue weighted by Gasteiger charge is -2.08. The van der Waals surface area contributed by atoms with Gasteiger partial charge in [-0.15, -0.1) is 0 Å². The number of nitrogens with one attached hydrogen (secondary N) is 1. The number of hydrogen-bond donors (Lipinski definition) is 1. The molecule has 0 amide bonds. The molecule has 0 saturated carbocycles. The molecule has 2 rings (SSSR count). The van der Waals surface area contributed by atoms with Crippen LogP contribution in [0.4, 0.5) is 5.82 Å². The van der Waals surface area contributed by atoms with E-state index in [0.717, 1.165) is 24.5 Å². The Balaban J connectivity index is 2.20. The molecule has 0 spiro atoms. The van der Waals surface area contributed by atoms with Crippen LogP contribution in [-0.4, -0.2) is 26.3 Å². The molecule has 0 unspecified atom stereocenters. The largest absolute Gasteiger partial charge is 0.421 e. The number of nitrogens with zero attached hydrogens (tertiary/aromatic N) is 4. The Labute approximate surface area is 112 Å². The van der Waals surface area contributed by atoms with E-state index in [-0.39, 0.29) is 0 Å². The van der Waals surface area contributed by atoms with Gasteiger partial charge in [-0.2, -0.15) is 10.1 Å². The molecular formula is C13H19N5O. The molecule has 1 N–H and O–H groups in total. The molecule has 0 aromatic carbocycles. The maximum absolute atomic E-state index is 5.74. The van der Waals surface area contributed by atoms with Crippen LogP contribution in [0.15, 0.2) is 12.1 Å². The van der Waals surface area contributed by atoms with Gasteiger partial charge in [-0.1, -0.05) is 6.92 Å². The summed E-state index contributed by atoms with van der Waals surface area (Å²) in [4.78, 5) is 8.59. The fourth-order valence-electron chi connectivity index (χ4n) is 1.73. The normalized spacial score (nSPS) is 10.5. The second-order valence-electron chi connectivity index (χ2n) is 4.42. The SMILES string of the molecule is CCCNc1cc(Oc2cc(C)nn2C)nc(C)n1. The molecule has 0 aliphatic heterocycles. The Morgan fingerprint density at radius 3 is 2.68 bits per heavy atom. The summed E-state index contributed by atoms with van der Waals surface area (Å²) in [6.07, 6.45) is 1.04. The predicted octanol–water partition coefficient (Wildman–Crippen LogP) is 2.44. The van der Waals surface area contributed by atoms with E-state index in [1.54, 1.807) is 10.7 Å². The number of aromatic nitrogens is 4. The van der Waals surface area contributed by atoms with Crippen molar-refractivity contribution in [3.63, 3.8) is 0 Å². The Morgan fingerprint density at radius 2 is 2.05 bits per heavy atom. The zero-order valence-electron chi connectivity index (χ0n) is 11.8. The van der Waals surface area contributed by atoms with Gasteiger partial charge < -0.3 is 10.1 Å². The van der Waals surface area contributed by atoms with Crippen LogP contribution >= 0.6 is 0 Å². The minimum absolute atomic E-state index is 0.522. The number of ether oxygens (including phenoxy) is 1. The maximum Gasteiger partial charge on any atom is 0.226 e. The van der Waals surface area contributed by atoms with Crippen molar-refractivity contribution in [1.29, 1.82) is 0 Å². The van der Waals surface area contributed by atoms with Crippen LogP contribution in [0.2, 0.25) is 0 Å². The first-order valence-corrected chi connectivity index (χ1v) is 6.36. The second-order valence-corrected chi connectivity index (χ2v) is 4.42. The van der Waals surface area contributed by atoms with Gasteiger partial charge in [0, 0.05) is 25.7 Å². The number of anilines is 1. The van der Waals surface area contributed by atoms with Gasteiger partial charge in [0.15, 0.2) is 0 Å². The topological polar surface area (TPSA) is 64.9 Å². The van der Waals surface area contributed by atoms with E-state index < -0.39 is 0 Å². The van der Waals surface area contributed by atoms with Crippen LogP contribution in [0.1, 0.15) is 24.9 Å². The third kappa shape index (κ3) is 3.43. The monoisotopic (exact) mass is 261 g/mol. The highest BCUT2D eigenvalue weighted by Gasteiger charge is 2.08. The average molecular weight is 261 g/mol. The van der Waals surface area contributed by atoms with Gasteiger partial charge in [0.05, 0.1) is 5.69 Å². The van der Waals surface area contributed by atoms with Crippen molar-refractivity contribution in [3.8, 4) is 11.8 Å². The van der Waals surface area contributed by atoms with Crippen molar-refractivity contribution in [2.75, 3.05) is 11.9 Å². The summed E-state index contributed by atoms with van der Waals surface area (Å²) in [5.74, 6) is 2.64. The molecule has 0 aliphatic carbocycles. The molecule has 0 saturated heterocycles. The van der Waals surface area contributed by atoms with Crippen molar-refractivity contribution < 1.29 is 4.74 Å². The highest BCUT2D eigenvalue weighted by Crippen LogP contribution is 2.21. The molecule has 0 radical (unpaired) electrons. The van der Waals surface area contributed by atoms with Gasteiger partial charge in [0.2, 0.25) is 11.8 Å². The quantitative estimate of drug-likeness (QED) is 0.895. The van der Waals surface area contributed by atoms with Gasteiger partial charge in [0.25, 0.3) is 0 Å². The molecule has 6 heteroatoms. The summed E-state index contributed by atoms with van der Waals surface area (Å²) < 4.78 is 7.43. The van der Waals surface area contributed by atoms with Crippen LogP contribution < -0.4 is 10.1 Å². The van der Waals surface area contributed by atoms with Gasteiger partial charge in [-0.05, 0) is 20.3 Å².